The number of ether oxygens (including phenoxy) is 1. The van der Waals surface area contributed by atoms with E-state index in [2.05, 4.69) is 52.0 Å². The highest BCUT2D eigenvalue weighted by atomic mass is 79.9. The summed E-state index contributed by atoms with van der Waals surface area (Å²) in [5, 5.41) is 0. The van der Waals surface area contributed by atoms with Gasteiger partial charge in [-0.1, -0.05) is 15.9 Å². The molecule has 0 bridgehead atoms. The van der Waals surface area contributed by atoms with Crippen LogP contribution in [-0.4, -0.2) is 25.8 Å². The van der Waals surface area contributed by atoms with E-state index in [0.29, 0.717) is 6.04 Å². The Morgan fingerprint density at radius 1 is 1.33 bits per heavy atom. The number of anilines is 1. The van der Waals surface area contributed by atoms with Crippen LogP contribution in [-0.2, 0) is 4.74 Å². The minimum Gasteiger partial charge on any atom is -0.377 e. The molecule has 84 valence electrons. The fraction of sp³-hybridized carbons (Fsp3) is 0.455. The van der Waals surface area contributed by atoms with Crippen molar-refractivity contribution in [1.29, 1.82) is 0 Å². The summed E-state index contributed by atoms with van der Waals surface area (Å²) in [7, 11) is 0. The van der Waals surface area contributed by atoms with Gasteiger partial charge in [0.25, 0.3) is 0 Å². The van der Waals surface area contributed by atoms with Crippen LogP contribution < -0.4 is 4.90 Å². The molecule has 0 unspecified atom stereocenters. The lowest BCUT2D eigenvalue weighted by atomic mass is 10.2. The minimum absolute atomic E-state index is 0. The molecular formula is C11H16BrNOS. The van der Waals surface area contributed by atoms with Crippen molar-refractivity contribution < 1.29 is 4.74 Å². The summed E-state index contributed by atoms with van der Waals surface area (Å²) in [6, 6.07) is 8.93. The van der Waals surface area contributed by atoms with Crippen LogP contribution in [0, 0.1) is 0 Å². The molecule has 1 aliphatic rings. The molecule has 1 aromatic carbocycles. The molecule has 1 atom stereocenters. The van der Waals surface area contributed by atoms with Gasteiger partial charge in [-0.05, 0) is 31.2 Å². The van der Waals surface area contributed by atoms with Gasteiger partial charge in [0, 0.05) is 22.7 Å². The van der Waals surface area contributed by atoms with E-state index < -0.39 is 0 Å². The Bertz CT molecular complexity index is 304. The molecule has 0 spiro atoms. The summed E-state index contributed by atoms with van der Waals surface area (Å²) in [5.74, 6) is 0. The zero-order valence-electron chi connectivity index (χ0n) is 8.74. The molecule has 1 saturated heterocycles. The molecule has 1 aliphatic heterocycles. The van der Waals surface area contributed by atoms with Crippen LogP contribution in [0.1, 0.15) is 6.92 Å². The molecule has 4 heteroatoms. The van der Waals surface area contributed by atoms with Crippen molar-refractivity contribution in [3.8, 4) is 0 Å². The first-order chi connectivity index (χ1) is 6.77. The lowest BCUT2D eigenvalue weighted by Crippen LogP contribution is -2.43. The van der Waals surface area contributed by atoms with Crippen molar-refractivity contribution in [3.63, 3.8) is 0 Å². The van der Waals surface area contributed by atoms with E-state index in [1.807, 2.05) is 0 Å². The standard InChI is InChI=1S/C11H14BrNO.H2S/c1-9-8-14-7-6-13(9)11-4-2-10(12)3-5-11;/h2-5,9H,6-8H2,1H3;1H2/t9-;/m0./s1. The molecule has 1 fully saturated rings. The third-order valence-electron chi connectivity index (χ3n) is 2.53. The second-order valence-corrected chi connectivity index (χ2v) is 4.51. The van der Waals surface area contributed by atoms with Crippen molar-refractivity contribution in [2.45, 2.75) is 13.0 Å². The SMILES string of the molecule is C[C@H]1COCCN1c1ccc(Br)cc1.S. The number of rotatable bonds is 1. The van der Waals surface area contributed by atoms with Gasteiger partial charge in [0.05, 0.1) is 13.2 Å². The molecule has 0 amide bonds. The van der Waals surface area contributed by atoms with E-state index in [-0.39, 0.29) is 13.5 Å². The predicted molar refractivity (Wildman–Crippen MR) is 72.2 cm³/mol. The second kappa shape index (κ2) is 5.77. The highest BCUT2D eigenvalue weighted by molar-refractivity contribution is 9.10. The molecule has 0 saturated carbocycles. The van der Waals surface area contributed by atoms with E-state index in [1.165, 1.54) is 5.69 Å². The largest absolute Gasteiger partial charge is 0.377 e. The zero-order valence-corrected chi connectivity index (χ0v) is 11.3. The molecule has 1 aromatic rings. The monoisotopic (exact) mass is 289 g/mol. The number of hydrogen-bond donors (Lipinski definition) is 0. The first-order valence-electron chi connectivity index (χ1n) is 4.87. The lowest BCUT2D eigenvalue weighted by molar-refractivity contribution is 0.0989. The smallest absolute Gasteiger partial charge is 0.0668 e. The molecular weight excluding hydrogens is 274 g/mol. The molecule has 2 nitrogen and oxygen atoms in total. The molecule has 0 radical (unpaired) electrons. The number of benzene rings is 1. The van der Waals surface area contributed by atoms with Gasteiger partial charge >= 0.3 is 0 Å². The van der Waals surface area contributed by atoms with Crippen LogP contribution in [0.2, 0.25) is 0 Å². The number of morpholine rings is 1. The summed E-state index contributed by atoms with van der Waals surface area (Å²) >= 11 is 3.44. The van der Waals surface area contributed by atoms with Gasteiger partial charge in [-0.2, -0.15) is 13.5 Å². The normalized spacial score (nSPS) is 20.9. The quantitative estimate of drug-likeness (QED) is 0.788. The molecule has 2 rings (SSSR count). The molecule has 0 aliphatic carbocycles. The van der Waals surface area contributed by atoms with Crippen molar-refractivity contribution in [2.75, 3.05) is 24.7 Å². The third-order valence-corrected chi connectivity index (χ3v) is 3.05. The van der Waals surface area contributed by atoms with Crippen LogP contribution in [0.5, 0.6) is 0 Å². The Balaban J connectivity index is 0.00000112. The second-order valence-electron chi connectivity index (χ2n) is 3.59. The summed E-state index contributed by atoms with van der Waals surface area (Å²) in [4.78, 5) is 2.38. The first-order valence-corrected chi connectivity index (χ1v) is 5.66. The van der Waals surface area contributed by atoms with Crippen molar-refractivity contribution in [2.24, 2.45) is 0 Å². The van der Waals surface area contributed by atoms with E-state index >= 15 is 0 Å². The Morgan fingerprint density at radius 3 is 2.60 bits per heavy atom. The van der Waals surface area contributed by atoms with Gasteiger partial charge in [0.1, 0.15) is 0 Å². The van der Waals surface area contributed by atoms with Gasteiger partial charge in [0.2, 0.25) is 0 Å². The highest BCUT2D eigenvalue weighted by Gasteiger charge is 2.18. The average molecular weight is 290 g/mol. The summed E-state index contributed by atoms with van der Waals surface area (Å²) in [6.45, 7) is 4.85. The van der Waals surface area contributed by atoms with E-state index in [0.717, 1.165) is 24.2 Å². The Morgan fingerprint density at radius 2 is 2.00 bits per heavy atom. The molecule has 0 N–H and O–H groups in total. The van der Waals surface area contributed by atoms with Crippen LogP contribution in [0.3, 0.4) is 0 Å². The van der Waals surface area contributed by atoms with Crippen molar-refractivity contribution >= 4 is 35.1 Å². The topological polar surface area (TPSA) is 12.5 Å². The van der Waals surface area contributed by atoms with Crippen molar-refractivity contribution in [1.82, 2.24) is 0 Å². The molecule has 1 heterocycles. The van der Waals surface area contributed by atoms with Gasteiger partial charge in [-0.25, -0.2) is 0 Å². The first kappa shape index (κ1) is 12.9. The minimum atomic E-state index is 0. The zero-order chi connectivity index (χ0) is 9.97. The fourth-order valence-electron chi connectivity index (χ4n) is 1.74. The van der Waals surface area contributed by atoms with Gasteiger partial charge < -0.3 is 9.64 Å². The van der Waals surface area contributed by atoms with E-state index in [4.69, 9.17) is 4.74 Å². The summed E-state index contributed by atoms with van der Waals surface area (Å²) in [5.41, 5.74) is 1.28. The van der Waals surface area contributed by atoms with Gasteiger partial charge in [-0.3, -0.25) is 0 Å². The fourth-order valence-corrected chi connectivity index (χ4v) is 2.01. The lowest BCUT2D eigenvalue weighted by Gasteiger charge is -2.35. The average Bonchev–Trinajstić information content (AvgIpc) is 2.20. The summed E-state index contributed by atoms with van der Waals surface area (Å²) in [6.07, 6.45) is 0. The molecule has 15 heavy (non-hydrogen) atoms. The Labute approximate surface area is 106 Å². The van der Waals surface area contributed by atoms with Crippen LogP contribution >= 0.6 is 29.4 Å². The summed E-state index contributed by atoms with van der Waals surface area (Å²) < 4.78 is 6.53. The van der Waals surface area contributed by atoms with Gasteiger partial charge in [-0.15, -0.1) is 0 Å². The maximum Gasteiger partial charge on any atom is 0.0668 e. The maximum absolute atomic E-state index is 5.41. The number of hydrogen-bond acceptors (Lipinski definition) is 2. The highest BCUT2D eigenvalue weighted by Crippen LogP contribution is 2.21. The van der Waals surface area contributed by atoms with Gasteiger partial charge in [0.15, 0.2) is 0 Å². The van der Waals surface area contributed by atoms with E-state index in [9.17, 15) is 0 Å². The third kappa shape index (κ3) is 3.13. The predicted octanol–water partition coefficient (Wildman–Crippen LogP) is 2.79. The van der Waals surface area contributed by atoms with E-state index in [1.54, 1.807) is 0 Å². The maximum atomic E-state index is 5.41. The Kier molecular flexibility index (Phi) is 4.96. The van der Waals surface area contributed by atoms with Crippen LogP contribution in [0.4, 0.5) is 5.69 Å². The molecule has 0 aromatic heterocycles. The number of halogens is 1. The Hall–Kier alpha value is -0.190. The van der Waals surface area contributed by atoms with Crippen LogP contribution in [0.25, 0.3) is 0 Å². The van der Waals surface area contributed by atoms with Crippen molar-refractivity contribution in [3.05, 3.63) is 28.7 Å². The van der Waals surface area contributed by atoms with Crippen LogP contribution in [0.15, 0.2) is 28.7 Å². The number of nitrogens with zero attached hydrogens (tertiary/aromatic N) is 1.